The van der Waals surface area contributed by atoms with Crippen LogP contribution >= 0.6 is 11.6 Å². The second-order valence-electron chi connectivity index (χ2n) is 17.8. The van der Waals surface area contributed by atoms with Gasteiger partial charge in [0.2, 0.25) is 17.8 Å². The molecule has 6 heterocycles. The summed E-state index contributed by atoms with van der Waals surface area (Å²) in [6, 6.07) is 10.2. The number of nitrogens with one attached hydrogen (secondary N) is 3. The smallest absolute Gasteiger partial charge is 0.293 e. The van der Waals surface area contributed by atoms with Gasteiger partial charge in [0.05, 0.1) is 30.5 Å². The molecule has 5 aliphatic rings. The number of pyridine rings is 1. The van der Waals surface area contributed by atoms with Crippen molar-refractivity contribution in [2.45, 2.75) is 108 Å². The van der Waals surface area contributed by atoms with E-state index in [4.69, 9.17) is 26.1 Å². The predicted molar refractivity (Wildman–Crippen MR) is 238 cm³/mol. The van der Waals surface area contributed by atoms with Gasteiger partial charge in [-0.15, -0.1) is 0 Å². The van der Waals surface area contributed by atoms with Crippen LogP contribution in [0.25, 0.3) is 10.9 Å². The average Bonchev–Trinajstić information content (AvgIpc) is 3.61. The summed E-state index contributed by atoms with van der Waals surface area (Å²) in [5, 5.41) is 9.23. The minimum absolute atomic E-state index is 0.0380. The highest BCUT2D eigenvalue weighted by atomic mass is 35.5. The summed E-state index contributed by atoms with van der Waals surface area (Å²) >= 11 is 6.59. The second kappa shape index (κ2) is 18.1. The van der Waals surface area contributed by atoms with Crippen molar-refractivity contribution < 1.29 is 33.0 Å². The van der Waals surface area contributed by atoms with Gasteiger partial charge in [0.15, 0.2) is 18.2 Å². The van der Waals surface area contributed by atoms with Crippen LogP contribution in [0.2, 0.25) is 5.02 Å². The van der Waals surface area contributed by atoms with Crippen LogP contribution in [0.1, 0.15) is 98.7 Å². The summed E-state index contributed by atoms with van der Waals surface area (Å²) in [6.07, 6.45) is 7.63. The molecule has 0 bridgehead atoms. The normalized spacial score (nSPS) is 22.2. The van der Waals surface area contributed by atoms with Gasteiger partial charge in [-0.3, -0.25) is 29.3 Å². The average molecular weight is 898 g/mol. The van der Waals surface area contributed by atoms with Crippen molar-refractivity contribution in [2.75, 3.05) is 50.1 Å². The number of piperidine rings is 3. The van der Waals surface area contributed by atoms with Crippen LogP contribution < -0.4 is 31.1 Å². The van der Waals surface area contributed by atoms with Crippen molar-refractivity contribution in [2.24, 2.45) is 0 Å². The Labute approximate surface area is 374 Å². The lowest BCUT2D eigenvalue weighted by atomic mass is 9.83. The summed E-state index contributed by atoms with van der Waals surface area (Å²) in [5.41, 5.74) is 2.41. The number of hydrogen-bond donors (Lipinski definition) is 3. The van der Waals surface area contributed by atoms with Gasteiger partial charge in [-0.25, -0.2) is 9.37 Å². The molecule has 1 aliphatic carbocycles. The van der Waals surface area contributed by atoms with Crippen LogP contribution in [0.3, 0.4) is 0 Å². The van der Waals surface area contributed by atoms with E-state index >= 15 is 4.39 Å². The van der Waals surface area contributed by atoms with E-state index in [-0.39, 0.29) is 85.0 Å². The third-order valence-corrected chi connectivity index (χ3v) is 13.8. The molecule has 3 saturated heterocycles. The highest BCUT2D eigenvalue weighted by Crippen LogP contribution is 2.39. The van der Waals surface area contributed by atoms with Crippen molar-refractivity contribution >= 4 is 63.6 Å². The van der Waals surface area contributed by atoms with E-state index in [1.54, 1.807) is 29.0 Å². The standard InChI is InChI=1S/C46H53ClFN9O7/c1-25(2)57-36-7-4-28(18-27(36)19-38(45(57)62)63-24-40(59)49-3)51-42-35(47)22-50-46(53-42)55-16-12-30(13-17-55)64-31-20-29(21-31)54-14-10-26(11-15-54)32-5-6-33-34(41(32)48)23-56(44(33)61)37-8-9-39(58)52-43(37)60/h4-7,18-19,22,25-26,29-31,37H,8-17,20-21,23-24H2,1-3H3,(H,49,59)(H,50,51,53)(H,52,58,60)/t29-,31-,37-/m0/s1. The largest absolute Gasteiger partial charge is 0.478 e. The first-order valence-corrected chi connectivity index (χ1v) is 22.7. The number of carbonyl (C=O) groups is 4. The Morgan fingerprint density at radius 2 is 1.75 bits per heavy atom. The van der Waals surface area contributed by atoms with Crippen LogP contribution in [-0.4, -0.2) is 112 Å². The molecular formula is C46H53ClFN9O7. The van der Waals surface area contributed by atoms with Crippen molar-refractivity contribution in [3.63, 3.8) is 0 Å². The lowest BCUT2D eigenvalue weighted by Gasteiger charge is -2.47. The van der Waals surface area contributed by atoms with Gasteiger partial charge in [0, 0.05) is 60.8 Å². The molecule has 0 spiro atoms. The molecule has 4 aliphatic heterocycles. The zero-order valence-electron chi connectivity index (χ0n) is 36.2. The quantitative estimate of drug-likeness (QED) is 0.159. The third-order valence-electron chi connectivity index (χ3n) is 13.5. The number of rotatable bonds is 12. The Morgan fingerprint density at radius 3 is 2.47 bits per heavy atom. The van der Waals surface area contributed by atoms with Gasteiger partial charge in [-0.2, -0.15) is 4.98 Å². The third kappa shape index (κ3) is 8.64. The molecule has 338 valence electrons. The molecule has 3 N–H and O–H groups in total. The molecule has 2 aromatic heterocycles. The predicted octanol–water partition coefficient (Wildman–Crippen LogP) is 5.19. The number of likely N-dealkylation sites (N-methyl/N-ethyl adjacent to an activating group) is 1. The van der Waals surface area contributed by atoms with Crippen LogP contribution in [0.15, 0.2) is 47.4 Å². The first kappa shape index (κ1) is 43.6. The number of halogens is 2. The Hall–Kier alpha value is -5.65. The van der Waals surface area contributed by atoms with E-state index in [2.05, 4.69) is 30.7 Å². The van der Waals surface area contributed by atoms with Crippen LogP contribution in [-0.2, 0) is 25.7 Å². The van der Waals surface area contributed by atoms with E-state index in [1.165, 1.54) is 11.9 Å². The lowest BCUT2D eigenvalue weighted by Crippen LogP contribution is -2.52. The van der Waals surface area contributed by atoms with Crippen molar-refractivity contribution in [1.82, 2.24) is 35.0 Å². The maximum absolute atomic E-state index is 16.0. The van der Waals surface area contributed by atoms with Crippen LogP contribution in [0, 0.1) is 5.82 Å². The summed E-state index contributed by atoms with van der Waals surface area (Å²) < 4.78 is 29.8. The van der Waals surface area contributed by atoms with E-state index < -0.39 is 11.9 Å². The number of imide groups is 1. The van der Waals surface area contributed by atoms with Gasteiger partial charge in [0.25, 0.3) is 17.4 Å². The van der Waals surface area contributed by atoms with Gasteiger partial charge in [0.1, 0.15) is 16.9 Å². The molecular weight excluding hydrogens is 845 g/mol. The monoisotopic (exact) mass is 897 g/mol. The fraction of sp³-hybridized carbons (Fsp3) is 0.500. The molecule has 1 atom stereocenters. The topological polar surface area (TPSA) is 180 Å². The van der Waals surface area contributed by atoms with Crippen molar-refractivity contribution in [3.8, 4) is 5.75 Å². The molecule has 4 fully saturated rings. The molecule has 16 nitrogen and oxygen atoms in total. The first-order chi connectivity index (χ1) is 30.8. The van der Waals surface area contributed by atoms with E-state index in [0.717, 1.165) is 75.6 Å². The minimum atomic E-state index is -0.769. The summed E-state index contributed by atoms with van der Waals surface area (Å²) in [4.78, 5) is 77.7. The maximum Gasteiger partial charge on any atom is 0.293 e. The Balaban J connectivity index is 0.746. The molecule has 0 unspecified atom stereocenters. The van der Waals surface area contributed by atoms with E-state index in [0.29, 0.717) is 45.2 Å². The highest BCUT2D eigenvalue weighted by Gasteiger charge is 2.42. The first-order valence-electron chi connectivity index (χ1n) is 22.3. The molecule has 9 rings (SSSR count). The number of amides is 4. The molecule has 4 amide bonds. The zero-order chi connectivity index (χ0) is 44.8. The maximum atomic E-state index is 16.0. The van der Waals surface area contributed by atoms with Gasteiger partial charge in [-0.1, -0.05) is 17.7 Å². The van der Waals surface area contributed by atoms with Crippen LogP contribution in [0.5, 0.6) is 5.75 Å². The second-order valence-corrected chi connectivity index (χ2v) is 18.2. The summed E-state index contributed by atoms with van der Waals surface area (Å²) in [6.45, 7) is 6.81. The summed E-state index contributed by atoms with van der Waals surface area (Å²) in [7, 11) is 1.51. The number of benzene rings is 2. The Morgan fingerprint density at radius 1 is 0.984 bits per heavy atom. The van der Waals surface area contributed by atoms with E-state index in [9.17, 15) is 24.0 Å². The number of hydrogen-bond acceptors (Lipinski definition) is 12. The molecule has 4 aromatic rings. The number of nitrogens with zero attached hydrogens (tertiary/aromatic N) is 6. The Bertz CT molecular complexity index is 2550. The van der Waals surface area contributed by atoms with Gasteiger partial charge >= 0.3 is 0 Å². The van der Waals surface area contributed by atoms with Gasteiger partial charge < -0.3 is 39.4 Å². The molecule has 64 heavy (non-hydrogen) atoms. The fourth-order valence-electron chi connectivity index (χ4n) is 9.89. The van der Waals surface area contributed by atoms with E-state index in [1.807, 2.05) is 32.0 Å². The lowest BCUT2D eigenvalue weighted by molar-refractivity contribution is -0.137. The molecule has 0 radical (unpaired) electrons. The molecule has 18 heteroatoms. The van der Waals surface area contributed by atoms with Crippen molar-refractivity contribution in [1.29, 1.82) is 0 Å². The highest BCUT2D eigenvalue weighted by molar-refractivity contribution is 6.33. The number of ether oxygens (including phenoxy) is 2. The number of fused-ring (bicyclic) bond motifs is 2. The SMILES string of the molecule is CNC(=O)COc1cc2cc(Nc3nc(N4CCC(O[C@H]5C[C@H](N6CCC(c7ccc8c(c7F)CN([C@H]7CCC(=O)NC7=O)C8=O)CC6)C5)CC4)ncc3Cl)ccc2n(C(C)C)c1=O. The van der Waals surface area contributed by atoms with Crippen LogP contribution in [0.4, 0.5) is 21.8 Å². The molecule has 1 saturated carbocycles. The number of likely N-dealkylation sites (tertiary alicyclic amines) is 1. The van der Waals surface area contributed by atoms with Gasteiger partial charge in [-0.05, 0) is 114 Å². The zero-order valence-corrected chi connectivity index (χ0v) is 37.0. The number of aromatic nitrogens is 3. The fourth-order valence-corrected chi connectivity index (χ4v) is 10.0. The number of carbonyl (C=O) groups excluding carboxylic acids is 4. The number of anilines is 3. The molecule has 2 aromatic carbocycles. The Kier molecular flexibility index (Phi) is 12.3. The minimum Gasteiger partial charge on any atom is -0.478 e. The van der Waals surface area contributed by atoms with Crippen molar-refractivity contribution in [3.05, 3.63) is 80.5 Å². The summed E-state index contributed by atoms with van der Waals surface area (Å²) in [5.74, 6) is -0.732.